The van der Waals surface area contributed by atoms with Gasteiger partial charge >= 0.3 is 0 Å². The number of rotatable bonds is 5. The lowest BCUT2D eigenvalue weighted by Crippen LogP contribution is -2.15. The molecule has 0 amide bonds. The van der Waals surface area contributed by atoms with Crippen LogP contribution < -0.4 is 5.32 Å². The summed E-state index contributed by atoms with van der Waals surface area (Å²) in [5.74, 6) is 0. The van der Waals surface area contributed by atoms with E-state index >= 15 is 0 Å². The summed E-state index contributed by atoms with van der Waals surface area (Å²) in [5.41, 5.74) is 6.67. The molecule has 3 atom stereocenters. The van der Waals surface area contributed by atoms with Crippen LogP contribution in [0.15, 0.2) is 70.6 Å². The van der Waals surface area contributed by atoms with Crippen LogP contribution in [-0.2, 0) is 0 Å². The average Bonchev–Trinajstić information content (AvgIpc) is 3.13. The fourth-order valence-electron chi connectivity index (χ4n) is 3.04. The number of hydrogen-bond acceptors (Lipinski definition) is 2. The van der Waals surface area contributed by atoms with Crippen molar-refractivity contribution in [2.24, 2.45) is 4.99 Å². The Balaban J connectivity index is 1.71. The third-order valence-corrected chi connectivity index (χ3v) is 6.15. The van der Waals surface area contributed by atoms with Crippen LogP contribution >= 0.6 is 8.58 Å². The highest BCUT2D eigenvalue weighted by atomic mass is 31.1. The second-order valence-corrected chi connectivity index (χ2v) is 7.87. The Bertz CT molecular complexity index is 747. The molecule has 25 heavy (non-hydrogen) atoms. The maximum absolute atomic E-state index is 4.82. The number of aliphatic imine (C=N–C) groups is 1. The maximum atomic E-state index is 4.82. The highest BCUT2D eigenvalue weighted by Gasteiger charge is 2.21. The molecule has 0 aliphatic carbocycles. The molecule has 1 saturated heterocycles. The fourth-order valence-corrected chi connectivity index (χ4v) is 4.53. The van der Waals surface area contributed by atoms with Gasteiger partial charge in [-0.2, -0.15) is 0 Å². The molecule has 2 nitrogen and oxygen atoms in total. The molecule has 1 heterocycles. The lowest BCUT2D eigenvalue weighted by molar-refractivity contribution is 0.708. The third kappa shape index (κ3) is 4.58. The average molecular weight is 350 g/mol. The smallest absolute Gasteiger partial charge is 0.0720 e. The molecule has 1 N–H and O–H groups in total. The first-order valence-electron chi connectivity index (χ1n) is 9.05. The van der Waals surface area contributed by atoms with Crippen LogP contribution in [0.1, 0.15) is 49.0 Å². The van der Waals surface area contributed by atoms with E-state index in [9.17, 15) is 0 Å². The SMILES string of the molecule is CCC(C=NC(C)c1ccc(C)cc1)=C1NC(c2ccccc2)CP1. The first-order chi connectivity index (χ1) is 12.2. The highest BCUT2D eigenvalue weighted by molar-refractivity contribution is 7.43. The van der Waals surface area contributed by atoms with Gasteiger partial charge in [0.25, 0.3) is 0 Å². The molecular weight excluding hydrogens is 323 g/mol. The summed E-state index contributed by atoms with van der Waals surface area (Å²) < 4.78 is 0. The minimum absolute atomic E-state index is 0.192. The molecule has 130 valence electrons. The van der Waals surface area contributed by atoms with Crippen LogP contribution in [0.5, 0.6) is 0 Å². The lowest BCUT2D eigenvalue weighted by Gasteiger charge is -2.13. The van der Waals surface area contributed by atoms with Crippen LogP contribution in [-0.4, -0.2) is 12.4 Å². The Labute approximate surface area is 153 Å². The van der Waals surface area contributed by atoms with Crippen molar-refractivity contribution in [2.75, 3.05) is 6.16 Å². The summed E-state index contributed by atoms with van der Waals surface area (Å²) in [5, 5.41) is 3.73. The van der Waals surface area contributed by atoms with Crippen LogP contribution in [0.2, 0.25) is 0 Å². The van der Waals surface area contributed by atoms with Gasteiger partial charge < -0.3 is 5.32 Å². The number of nitrogens with one attached hydrogen (secondary N) is 1. The summed E-state index contributed by atoms with van der Waals surface area (Å²) >= 11 is 0. The fraction of sp³-hybridized carbons (Fsp3) is 0.318. The van der Waals surface area contributed by atoms with Crippen molar-refractivity contribution in [1.82, 2.24) is 5.32 Å². The van der Waals surface area contributed by atoms with E-state index in [1.54, 1.807) is 0 Å². The zero-order chi connectivity index (χ0) is 17.6. The molecule has 3 heteroatoms. The van der Waals surface area contributed by atoms with Gasteiger partial charge in [0.1, 0.15) is 0 Å². The van der Waals surface area contributed by atoms with Crippen molar-refractivity contribution in [3.8, 4) is 0 Å². The molecule has 1 aliphatic rings. The summed E-state index contributed by atoms with van der Waals surface area (Å²) in [7, 11) is 0.838. The number of nitrogens with zero attached hydrogens (tertiary/aromatic N) is 1. The predicted molar refractivity (Wildman–Crippen MR) is 111 cm³/mol. The zero-order valence-corrected chi connectivity index (χ0v) is 16.3. The van der Waals surface area contributed by atoms with Gasteiger partial charge in [-0.3, -0.25) is 4.99 Å². The molecule has 2 aromatic rings. The normalized spacial score (nSPS) is 21.5. The van der Waals surface area contributed by atoms with E-state index in [0.29, 0.717) is 6.04 Å². The lowest BCUT2D eigenvalue weighted by atomic mass is 10.1. The Hall–Kier alpha value is -1.92. The van der Waals surface area contributed by atoms with Crippen molar-refractivity contribution in [1.29, 1.82) is 0 Å². The minimum Gasteiger partial charge on any atom is -0.378 e. The van der Waals surface area contributed by atoms with E-state index < -0.39 is 0 Å². The number of aryl methyl sites for hydroxylation is 1. The van der Waals surface area contributed by atoms with Gasteiger partial charge in [0, 0.05) is 11.7 Å². The van der Waals surface area contributed by atoms with Gasteiger partial charge in [-0.1, -0.05) is 75.7 Å². The Morgan fingerprint density at radius 1 is 1.20 bits per heavy atom. The monoisotopic (exact) mass is 350 g/mol. The van der Waals surface area contributed by atoms with E-state index in [1.807, 2.05) is 0 Å². The van der Waals surface area contributed by atoms with Crippen LogP contribution in [0.3, 0.4) is 0 Å². The van der Waals surface area contributed by atoms with Crippen LogP contribution in [0.4, 0.5) is 0 Å². The van der Waals surface area contributed by atoms with Gasteiger partial charge in [0.15, 0.2) is 0 Å². The van der Waals surface area contributed by atoms with E-state index in [2.05, 4.69) is 86.9 Å². The standard InChI is InChI=1S/C22H27N2P/c1-4-18(14-23-17(3)19-12-10-16(2)11-13-19)22-24-21(15-25-22)20-8-6-5-7-9-20/h5-14,17,21,24-25H,4,15H2,1-3H3. The quantitative estimate of drug-likeness (QED) is 0.537. The molecule has 1 aliphatic heterocycles. The van der Waals surface area contributed by atoms with Crippen molar-refractivity contribution in [3.05, 3.63) is 82.3 Å². The van der Waals surface area contributed by atoms with E-state index in [4.69, 9.17) is 4.99 Å². The van der Waals surface area contributed by atoms with E-state index in [0.717, 1.165) is 15.0 Å². The van der Waals surface area contributed by atoms with Crippen molar-refractivity contribution in [3.63, 3.8) is 0 Å². The van der Waals surface area contributed by atoms with Gasteiger partial charge in [-0.15, -0.1) is 0 Å². The van der Waals surface area contributed by atoms with Crippen molar-refractivity contribution in [2.45, 2.75) is 39.3 Å². The molecule has 0 saturated carbocycles. The van der Waals surface area contributed by atoms with Gasteiger partial charge in [-0.25, -0.2) is 0 Å². The summed E-state index contributed by atoms with van der Waals surface area (Å²) in [6.07, 6.45) is 4.29. The molecule has 3 unspecified atom stereocenters. The predicted octanol–water partition coefficient (Wildman–Crippen LogP) is 5.77. The van der Waals surface area contributed by atoms with Crippen molar-refractivity contribution < 1.29 is 0 Å². The second-order valence-electron chi connectivity index (χ2n) is 6.61. The Morgan fingerprint density at radius 3 is 2.60 bits per heavy atom. The number of allylic oxidation sites excluding steroid dienone is 1. The van der Waals surface area contributed by atoms with Crippen LogP contribution in [0, 0.1) is 6.92 Å². The topological polar surface area (TPSA) is 24.4 Å². The largest absolute Gasteiger partial charge is 0.378 e. The molecule has 0 bridgehead atoms. The third-order valence-electron chi connectivity index (χ3n) is 4.72. The van der Waals surface area contributed by atoms with Gasteiger partial charge in [0.05, 0.1) is 12.1 Å². The zero-order valence-electron chi connectivity index (χ0n) is 15.3. The van der Waals surface area contributed by atoms with E-state index in [1.165, 1.54) is 33.9 Å². The molecule has 2 aromatic carbocycles. The summed E-state index contributed by atoms with van der Waals surface area (Å²) in [6, 6.07) is 20.0. The Kier molecular flexibility index (Phi) is 6.04. The maximum Gasteiger partial charge on any atom is 0.0720 e. The minimum atomic E-state index is 0.192. The van der Waals surface area contributed by atoms with Crippen LogP contribution in [0.25, 0.3) is 0 Å². The molecule has 0 spiro atoms. The molecule has 1 fully saturated rings. The first kappa shape index (κ1) is 17.9. The number of hydrogen-bond donors (Lipinski definition) is 1. The first-order valence-corrected chi connectivity index (χ1v) is 10.3. The highest BCUT2D eigenvalue weighted by Crippen LogP contribution is 2.38. The van der Waals surface area contributed by atoms with Crippen molar-refractivity contribution >= 4 is 14.8 Å². The molecule has 0 aromatic heterocycles. The summed E-state index contributed by atoms with van der Waals surface area (Å²) in [6.45, 7) is 6.50. The molecular formula is C22H27N2P. The number of benzene rings is 2. The van der Waals surface area contributed by atoms with Gasteiger partial charge in [0.2, 0.25) is 0 Å². The van der Waals surface area contributed by atoms with Gasteiger partial charge in [-0.05, 0) is 43.1 Å². The molecule has 3 rings (SSSR count). The Morgan fingerprint density at radius 2 is 1.92 bits per heavy atom. The summed E-state index contributed by atoms with van der Waals surface area (Å²) in [4.78, 5) is 4.82. The second kappa shape index (κ2) is 8.45. The van der Waals surface area contributed by atoms with E-state index in [-0.39, 0.29) is 6.04 Å². The molecule has 0 radical (unpaired) electrons.